The number of sulfonamides is 1. The van der Waals surface area contributed by atoms with Gasteiger partial charge >= 0.3 is 0 Å². The minimum atomic E-state index is -3.37. The van der Waals surface area contributed by atoms with Gasteiger partial charge in [-0.1, -0.05) is 25.1 Å². The summed E-state index contributed by atoms with van der Waals surface area (Å²) in [6.45, 7) is 4.55. The molecule has 0 aliphatic carbocycles. The van der Waals surface area contributed by atoms with Crippen molar-refractivity contribution in [1.82, 2.24) is 10.0 Å². The number of rotatable bonds is 6. The molecule has 106 valence electrons. The second-order valence-corrected chi connectivity index (χ2v) is 6.74. The number of nitrogens with one attached hydrogen (secondary N) is 2. The molecule has 2 rings (SSSR count). The summed E-state index contributed by atoms with van der Waals surface area (Å²) in [5.41, 5.74) is 0.873. The Labute approximate surface area is 115 Å². The molecule has 0 spiro atoms. The lowest BCUT2D eigenvalue weighted by molar-refractivity contribution is 0.519. The van der Waals surface area contributed by atoms with Crippen LogP contribution in [0.5, 0.6) is 0 Å². The fraction of sp³-hybridized carbons (Fsp3) is 0.571. The second kappa shape index (κ2) is 6.50. The highest BCUT2D eigenvalue weighted by atomic mass is 32.2. The monoisotopic (exact) mass is 282 g/mol. The molecule has 2 N–H and O–H groups in total. The molecular weight excluding hydrogens is 260 g/mol. The third kappa shape index (κ3) is 3.78. The molecule has 1 saturated heterocycles. The highest BCUT2D eigenvalue weighted by Crippen LogP contribution is 2.16. The summed E-state index contributed by atoms with van der Waals surface area (Å²) in [7, 11) is -3.37. The van der Waals surface area contributed by atoms with E-state index < -0.39 is 10.0 Å². The molecule has 19 heavy (non-hydrogen) atoms. The van der Waals surface area contributed by atoms with E-state index in [0.29, 0.717) is 17.4 Å². The summed E-state index contributed by atoms with van der Waals surface area (Å²) in [5, 5.41) is 3.29. The fourth-order valence-electron chi connectivity index (χ4n) is 2.49. The summed E-state index contributed by atoms with van der Waals surface area (Å²) in [4.78, 5) is 0.419. The van der Waals surface area contributed by atoms with E-state index >= 15 is 0 Å². The van der Waals surface area contributed by atoms with Gasteiger partial charge in [-0.15, -0.1) is 0 Å². The topological polar surface area (TPSA) is 58.2 Å². The molecule has 4 nitrogen and oxygen atoms in total. The highest BCUT2D eigenvalue weighted by molar-refractivity contribution is 7.89. The molecule has 0 aromatic heterocycles. The van der Waals surface area contributed by atoms with Gasteiger partial charge in [0.25, 0.3) is 0 Å². The van der Waals surface area contributed by atoms with Gasteiger partial charge in [0.15, 0.2) is 0 Å². The lowest BCUT2D eigenvalue weighted by Gasteiger charge is -2.12. The minimum Gasteiger partial charge on any atom is -0.316 e. The molecule has 1 aliphatic heterocycles. The zero-order chi connectivity index (χ0) is 13.7. The maximum absolute atomic E-state index is 12.3. The van der Waals surface area contributed by atoms with E-state index in [-0.39, 0.29) is 0 Å². The number of benzene rings is 1. The third-order valence-corrected chi connectivity index (χ3v) is 5.21. The largest absolute Gasteiger partial charge is 0.316 e. The van der Waals surface area contributed by atoms with E-state index in [4.69, 9.17) is 0 Å². The molecule has 1 atom stereocenters. The standard InChI is InChI=1S/C14H22N2O2S/c1-2-13-5-3-4-6-14(13)19(17,18)16-10-8-12-7-9-15-11-12/h3-6,12,15-16H,2,7-11H2,1H3. The smallest absolute Gasteiger partial charge is 0.240 e. The van der Waals surface area contributed by atoms with Crippen LogP contribution in [-0.4, -0.2) is 28.1 Å². The molecule has 1 aliphatic rings. The molecule has 0 bridgehead atoms. The fourth-order valence-corrected chi connectivity index (χ4v) is 3.85. The van der Waals surface area contributed by atoms with Crippen LogP contribution in [0.1, 0.15) is 25.3 Å². The second-order valence-electron chi connectivity index (χ2n) is 5.01. The van der Waals surface area contributed by atoms with Crippen LogP contribution in [-0.2, 0) is 16.4 Å². The van der Waals surface area contributed by atoms with E-state index in [2.05, 4.69) is 10.0 Å². The Hall–Kier alpha value is -0.910. The molecule has 1 aromatic rings. The zero-order valence-electron chi connectivity index (χ0n) is 11.4. The molecule has 0 saturated carbocycles. The first-order valence-corrected chi connectivity index (χ1v) is 8.40. The first kappa shape index (κ1) is 14.5. The van der Waals surface area contributed by atoms with E-state index in [1.54, 1.807) is 12.1 Å². The normalized spacial score (nSPS) is 19.7. The minimum absolute atomic E-state index is 0.419. The quantitative estimate of drug-likeness (QED) is 0.832. The Kier molecular flexibility index (Phi) is 4.96. The van der Waals surface area contributed by atoms with Crippen LogP contribution in [0.2, 0.25) is 0 Å². The van der Waals surface area contributed by atoms with Crippen molar-refractivity contribution in [2.24, 2.45) is 5.92 Å². The Bertz CT molecular complexity index is 508. The van der Waals surface area contributed by atoms with Crippen LogP contribution in [0, 0.1) is 5.92 Å². The number of aryl methyl sites for hydroxylation is 1. The zero-order valence-corrected chi connectivity index (χ0v) is 12.2. The number of hydrogen-bond acceptors (Lipinski definition) is 3. The predicted octanol–water partition coefficient (Wildman–Crippen LogP) is 1.53. The van der Waals surface area contributed by atoms with Crippen molar-refractivity contribution in [3.05, 3.63) is 29.8 Å². The molecule has 5 heteroatoms. The van der Waals surface area contributed by atoms with Crippen LogP contribution in [0.15, 0.2) is 29.2 Å². The first-order valence-electron chi connectivity index (χ1n) is 6.91. The van der Waals surface area contributed by atoms with Gasteiger partial charge in [0.05, 0.1) is 4.90 Å². The maximum Gasteiger partial charge on any atom is 0.240 e. The van der Waals surface area contributed by atoms with Crippen LogP contribution in [0.25, 0.3) is 0 Å². The van der Waals surface area contributed by atoms with Crippen LogP contribution in [0.3, 0.4) is 0 Å². The average Bonchev–Trinajstić information content (AvgIpc) is 2.91. The summed E-state index contributed by atoms with van der Waals surface area (Å²) in [5.74, 6) is 0.601. The average molecular weight is 282 g/mol. The Morgan fingerprint density at radius 3 is 2.84 bits per heavy atom. The Morgan fingerprint density at radius 1 is 1.37 bits per heavy atom. The molecule has 1 fully saturated rings. The lowest BCUT2D eigenvalue weighted by Crippen LogP contribution is -2.27. The SMILES string of the molecule is CCc1ccccc1S(=O)(=O)NCCC1CCNC1. The summed E-state index contributed by atoms with van der Waals surface area (Å²) >= 11 is 0. The van der Waals surface area contributed by atoms with Crippen LogP contribution >= 0.6 is 0 Å². The van der Waals surface area contributed by atoms with Gasteiger partial charge in [-0.25, -0.2) is 13.1 Å². The molecule has 0 radical (unpaired) electrons. The maximum atomic E-state index is 12.3. The van der Waals surface area contributed by atoms with Crippen LogP contribution in [0.4, 0.5) is 0 Å². The molecular formula is C14H22N2O2S. The van der Waals surface area contributed by atoms with Crippen molar-refractivity contribution >= 4 is 10.0 Å². The van der Waals surface area contributed by atoms with E-state index in [1.807, 2.05) is 19.1 Å². The number of hydrogen-bond donors (Lipinski definition) is 2. The molecule has 1 aromatic carbocycles. The van der Waals surface area contributed by atoms with Crippen molar-refractivity contribution in [2.45, 2.75) is 31.1 Å². The Balaban J connectivity index is 1.97. The van der Waals surface area contributed by atoms with Gasteiger partial charge in [0.2, 0.25) is 10.0 Å². The van der Waals surface area contributed by atoms with Crippen LogP contribution < -0.4 is 10.0 Å². The van der Waals surface area contributed by atoms with Crippen molar-refractivity contribution in [3.8, 4) is 0 Å². The Morgan fingerprint density at radius 2 is 2.16 bits per heavy atom. The van der Waals surface area contributed by atoms with Crippen molar-refractivity contribution < 1.29 is 8.42 Å². The van der Waals surface area contributed by atoms with E-state index in [1.165, 1.54) is 0 Å². The van der Waals surface area contributed by atoms with Crippen molar-refractivity contribution in [3.63, 3.8) is 0 Å². The van der Waals surface area contributed by atoms with E-state index in [0.717, 1.165) is 37.9 Å². The van der Waals surface area contributed by atoms with Gasteiger partial charge in [0.1, 0.15) is 0 Å². The van der Waals surface area contributed by atoms with Crippen molar-refractivity contribution in [1.29, 1.82) is 0 Å². The predicted molar refractivity (Wildman–Crippen MR) is 76.6 cm³/mol. The molecule has 1 unspecified atom stereocenters. The van der Waals surface area contributed by atoms with Gasteiger partial charge in [-0.05, 0) is 49.9 Å². The first-order chi connectivity index (χ1) is 9.13. The summed E-state index contributed by atoms with van der Waals surface area (Å²) in [6.07, 6.45) is 2.78. The van der Waals surface area contributed by atoms with Gasteiger partial charge in [-0.2, -0.15) is 0 Å². The summed E-state index contributed by atoms with van der Waals surface area (Å²) < 4.78 is 27.2. The third-order valence-electron chi connectivity index (χ3n) is 3.65. The highest BCUT2D eigenvalue weighted by Gasteiger charge is 2.19. The van der Waals surface area contributed by atoms with Gasteiger partial charge in [-0.3, -0.25) is 0 Å². The van der Waals surface area contributed by atoms with Gasteiger partial charge in [0, 0.05) is 6.54 Å². The molecule has 1 heterocycles. The lowest BCUT2D eigenvalue weighted by atomic mass is 10.1. The van der Waals surface area contributed by atoms with Crippen molar-refractivity contribution in [2.75, 3.05) is 19.6 Å². The van der Waals surface area contributed by atoms with Gasteiger partial charge < -0.3 is 5.32 Å². The summed E-state index contributed by atoms with van der Waals surface area (Å²) in [6, 6.07) is 7.20. The molecule has 0 amide bonds. The van der Waals surface area contributed by atoms with E-state index in [9.17, 15) is 8.42 Å².